The van der Waals surface area contributed by atoms with Crippen LogP contribution in [0.1, 0.15) is 32.6 Å². The van der Waals surface area contributed by atoms with Crippen LogP contribution in [-0.4, -0.2) is 100 Å². The van der Waals surface area contributed by atoms with Crippen molar-refractivity contribution >= 4 is 29.9 Å². The lowest BCUT2D eigenvalue weighted by atomic mass is 9.88. The molecule has 0 aromatic heterocycles. The predicted octanol–water partition coefficient (Wildman–Crippen LogP) is 1.14. The summed E-state index contributed by atoms with van der Waals surface area (Å²) in [5.41, 5.74) is 0.196. The molecule has 3 rings (SSSR count). The van der Waals surface area contributed by atoms with Crippen LogP contribution in [0.25, 0.3) is 0 Å². The SMILES string of the molecule is CCNC(=NCC1(N2CCCC2)CCOCC1)NCCN1CCOCC1.I. The molecule has 3 heterocycles. The number of nitrogens with one attached hydrogen (secondary N) is 2. The molecule has 0 unspecified atom stereocenters. The third kappa shape index (κ3) is 6.99. The topological polar surface area (TPSA) is 61.4 Å². The number of halogens is 1. The minimum Gasteiger partial charge on any atom is -0.381 e. The summed E-state index contributed by atoms with van der Waals surface area (Å²) in [4.78, 5) is 10.1. The molecular weight excluding hydrogens is 457 g/mol. The maximum absolute atomic E-state index is 5.65. The van der Waals surface area contributed by atoms with Gasteiger partial charge in [0.05, 0.1) is 19.8 Å². The van der Waals surface area contributed by atoms with Crippen molar-refractivity contribution in [2.24, 2.45) is 4.99 Å². The Morgan fingerprint density at radius 3 is 2.30 bits per heavy atom. The lowest BCUT2D eigenvalue weighted by molar-refractivity contribution is -0.0139. The average molecular weight is 495 g/mol. The fourth-order valence-corrected chi connectivity index (χ4v) is 4.24. The molecule has 3 fully saturated rings. The number of ether oxygens (including phenoxy) is 2. The van der Waals surface area contributed by atoms with Gasteiger partial charge in [-0.3, -0.25) is 14.8 Å². The normalized spacial score (nSPS) is 24.4. The quantitative estimate of drug-likeness (QED) is 0.314. The Labute approximate surface area is 181 Å². The lowest BCUT2D eigenvalue weighted by Gasteiger charge is -2.43. The van der Waals surface area contributed by atoms with Gasteiger partial charge in [-0.1, -0.05) is 0 Å². The summed E-state index contributed by atoms with van der Waals surface area (Å²) in [5.74, 6) is 0.950. The third-order valence-electron chi connectivity index (χ3n) is 5.90. The van der Waals surface area contributed by atoms with E-state index < -0.39 is 0 Å². The number of hydrogen-bond donors (Lipinski definition) is 2. The highest BCUT2D eigenvalue weighted by molar-refractivity contribution is 14.0. The lowest BCUT2D eigenvalue weighted by Crippen LogP contribution is -2.54. The van der Waals surface area contributed by atoms with Crippen LogP contribution in [0.15, 0.2) is 4.99 Å². The number of guanidine groups is 1. The van der Waals surface area contributed by atoms with E-state index in [-0.39, 0.29) is 29.5 Å². The molecule has 3 aliphatic rings. The van der Waals surface area contributed by atoms with E-state index in [2.05, 4.69) is 27.4 Å². The van der Waals surface area contributed by atoms with Crippen molar-refractivity contribution in [2.45, 2.75) is 38.1 Å². The van der Waals surface area contributed by atoms with Crippen molar-refractivity contribution in [1.29, 1.82) is 0 Å². The Bertz CT molecular complexity index is 434. The van der Waals surface area contributed by atoms with Crippen molar-refractivity contribution in [3.05, 3.63) is 0 Å². The first-order valence-corrected chi connectivity index (χ1v) is 10.5. The van der Waals surface area contributed by atoms with Crippen LogP contribution >= 0.6 is 24.0 Å². The fourth-order valence-electron chi connectivity index (χ4n) is 4.24. The van der Waals surface area contributed by atoms with E-state index in [1.807, 2.05) is 0 Å². The number of likely N-dealkylation sites (tertiary alicyclic amines) is 1. The molecule has 0 spiro atoms. The van der Waals surface area contributed by atoms with Gasteiger partial charge in [0.15, 0.2) is 5.96 Å². The van der Waals surface area contributed by atoms with E-state index in [1.54, 1.807) is 0 Å². The zero-order valence-electron chi connectivity index (χ0n) is 16.9. The highest BCUT2D eigenvalue weighted by atomic mass is 127. The predicted molar refractivity (Wildman–Crippen MR) is 120 cm³/mol. The highest BCUT2D eigenvalue weighted by Gasteiger charge is 2.39. The molecule has 0 radical (unpaired) electrons. The molecule has 7 nitrogen and oxygen atoms in total. The van der Waals surface area contributed by atoms with E-state index in [0.717, 1.165) is 84.5 Å². The number of hydrogen-bond acceptors (Lipinski definition) is 5. The second-order valence-electron chi connectivity index (χ2n) is 7.61. The van der Waals surface area contributed by atoms with Crippen molar-refractivity contribution in [2.75, 3.05) is 78.8 Å². The van der Waals surface area contributed by atoms with Crippen LogP contribution < -0.4 is 10.6 Å². The van der Waals surface area contributed by atoms with Crippen LogP contribution in [0.5, 0.6) is 0 Å². The van der Waals surface area contributed by atoms with E-state index in [4.69, 9.17) is 14.5 Å². The van der Waals surface area contributed by atoms with Gasteiger partial charge < -0.3 is 20.1 Å². The van der Waals surface area contributed by atoms with Crippen LogP contribution in [0, 0.1) is 0 Å². The first kappa shape index (κ1) is 23.1. The standard InChI is InChI=1S/C19H37N5O2.HI/c1-2-20-18(21-7-10-23-11-15-26-16-12-23)22-17-19(5-13-25-14-6-19)24-8-3-4-9-24;/h2-17H2,1H3,(H2,20,21,22);1H. The summed E-state index contributed by atoms with van der Waals surface area (Å²) in [6.45, 7) is 13.8. The monoisotopic (exact) mass is 495 g/mol. The number of rotatable bonds is 7. The molecule has 0 aromatic rings. The Balaban J connectivity index is 0.00000261. The van der Waals surface area contributed by atoms with E-state index >= 15 is 0 Å². The molecule has 2 N–H and O–H groups in total. The smallest absolute Gasteiger partial charge is 0.191 e. The van der Waals surface area contributed by atoms with Crippen LogP contribution in [0.4, 0.5) is 0 Å². The summed E-state index contributed by atoms with van der Waals surface area (Å²) in [5, 5.41) is 6.94. The summed E-state index contributed by atoms with van der Waals surface area (Å²) in [6.07, 6.45) is 4.85. The van der Waals surface area contributed by atoms with Crippen LogP contribution in [-0.2, 0) is 9.47 Å². The average Bonchev–Trinajstić information content (AvgIpc) is 3.23. The third-order valence-corrected chi connectivity index (χ3v) is 5.90. The first-order chi connectivity index (χ1) is 12.8. The van der Waals surface area contributed by atoms with Gasteiger partial charge in [0, 0.05) is 51.5 Å². The maximum atomic E-state index is 5.65. The molecule has 0 amide bonds. The molecule has 27 heavy (non-hydrogen) atoms. The van der Waals surface area contributed by atoms with Gasteiger partial charge in [0.2, 0.25) is 0 Å². The highest BCUT2D eigenvalue weighted by Crippen LogP contribution is 2.31. The van der Waals surface area contributed by atoms with Gasteiger partial charge in [-0.05, 0) is 45.7 Å². The molecule has 8 heteroatoms. The van der Waals surface area contributed by atoms with Crippen molar-refractivity contribution in [3.8, 4) is 0 Å². The first-order valence-electron chi connectivity index (χ1n) is 10.5. The minimum atomic E-state index is 0. The van der Waals surface area contributed by atoms with Gasteiger partial charge in [-0.2, -0.15) is 0 Å². The zero-order valence-corrected chi connectivity index (χ0v) is 19.2. The molecule has 0 aliphatic carbocycles. The van der Waals surface area contributed by atoms with Gasteiger partial charge in [0.1, 0.15) is 0 Å². The van der Waals surface area contributed by atoms with Crippen LogP contribution in [0.3, 0.4) is 0 Å². The minimum absolute atomic E-state index is 0. The Morgan fingerprint density at radius 2 is 1.63 bits per heavy atom. The molecule has 158 valence electrons. The molecule has 0 atom stereocenters. The van der Waals surface area contributed by atoms with Crippen molar-refractivity contribution < 1.29 is 9.47 Å². The van der Waals surface area contributed by atoms with E-state index in [1.165, 1.54) is 25.9 Å². The van der Waals surface area contributed by atoms with Gasteiger partial charge in [-0.15, -0.1) is 24.0 Å². The fraction of sp³-hybridized carbons (Fsp3) is 0.947. The molecule has 0 aromatic carbocycles. The summed E-state index contributed by atoms with van der Waals surface area (Å²) in [7, 11) is 0. The number of morpholine rings is 1. The van der Waals surface area contributed by atoms with E-state index in [0.29, 0.717) is 0 Å². The summed E-state index contributed by atoms with van der Waals surface area (Å²) in [6, 6.07) is 0. The second-order valence-corrected chi connectivity index (χ2v) is 7.61. The molecule has 3 aliphatic heterocycles. The van der Waals surface area contributed by atoms with Crippen molar-refractivity contribution in [1.82, 2.24) is 20.4 Å². The number of nitrogens with zero attached hydrogens (tertiary/aromatic N) is 3. The van der Waals surface area contributed by atoms with Crippen LogP contribution in [0.2, 0.25) is 0 Å². The van der Waals surface area contributed by atoms with Gasteiger partial charge in [-0.25, -0.2) is 0 Å². The van der Waals surface area contributed by atoms with Gasteiger partial charge in [0.25, 0.3) is 0 Å². The summed E-state index contributed by atoms with van der Waals surface area (Å²) < 4.78 is 11.1. The molecule has 0 bridgehead atoms. The number of aliphatic imine (C=N–C) groups is 1. The molecular formula is C19H38IN5O2. The Hall–Kier alpha value is -0.160. The molecule has 3 saturated heterocycles. The zero-order chi connectivity index (χ0) is 18.1. The molecule has 0 saturated carbocycles. The Morgan fingerprint density at radius 1 is 0.963 bits per heavy atom. The Kier molecular flexibility index (Phi) is 10.6. The van der Waals surface area contributed by atoms with E-state index in [9.17, 15) is 0 Å². The largest absolute Gasteiger partial charge is 0.381 e. The maximum Gasteiger partial charge on any atom is 0.191 e. The van der Waals surface area contributed by atoms with Crippen molar-refractivity contribution in [3.63, 3.8) is 0 Å². The summed E-state index contributed by atoms with van der Waals surface area (Å²) >= 11 is 0. The second kappa shape index (κ2) is 12.4. The van der Waals surface area contributed by atoms with Gasteiger partial charge >= 0.3 is 0 Å².